The molecule has 0 bridgehead atoms. The maximum Gasteiger partial charge on any atom is 0.231 e. The van der Waals surface area contributed by atoms with Crippen LogP contribution in [-0.4, -0.2) is 66.7 Å². The van der Waals surface area contributed by atoms with Crippen LogP contribution in [0.4, 0.5) is 17.8 Å². The molecule has 0 aliphatic carbocycles. The maximum atomic E-state index is 4.49. The number of hydrogen-bond acceptors (Lipinski definition) is 7. The van der Waals surface area contributed by atoms with Crippen LogP contribution in [0.3, 0.4) is 0 Å². The summed E-state index contributed by atoms with van der Waals surface area (Å²) in [5.41, 5.74) is 0. The summed E-state index contributed by atoms with van der Waals surface area (Å²) in [5, 5.41) is 6.26. The lowest BCUT2D eigenvalue weighted by atomic mass is 10.3. The molecule has 1 unspecified atom stereocenters. The van der Waals surface area contributed by atoms with Crippen LogP contribution < -0.4 is 15.5 Å². The largest absolute Gasteiger partial charge is 0.357 e. The van der Waals surface area contributed by atoms with Gasteiger partial charge in [0.1, 0.15) is 0 Å². The molecule has 1 atom stereocenters. The Bertz CT molecular complexity index is 404. The first kappa shape index (κ1) is 16.4. The van der Waals surface area contributed by atoms with Crippen molar-refractivity contribution in [3.05, 3.63) is 0 Å². The summed E-state index contributed by atoms with van der Waals surface area (Å²) in [7, 11) is 5.92. The summed E-state index contributed by atoms with van der Waals surface area (Å²) in [5.74, 6) is 1.90. The van der Waals surface area contributed by atoms with E-state index in [4.69, 9.17) is 0 Å². The highest BCUT2D eigenvalue weighted by molar-refractivity contribution is 5.43. The smallest absolute Gasteiger partial charge is 0.231 e. The number of nitrogens with zero attached hydrogens (tertiary/aromatic N) is 5. The molecule has 0 aliphatic heterocycles. The molecule has 1 aromatic rings. The lowest BCUT2D eigenvalue weighted by Gasteiger charge is -2.22. The molecule has 7 heteroatoms. The number of likely N-dealkylation sites (N-methyl/N-ethyl adjacent to an activating group) is 1. The minimum absolute atomic E-state index is 0.404. The van der Waals surface area contributed by atoms with Crippen LogP contribution in [-0.2, 0) is 0 Å². The average molecular weight is 281 g/mol. The first-order chi connectivity index (χ1) is 9.51. The van der Waals surface area contributed by atoms with Crippen molar-refractivity contribution in [3.8, 4) is 0 Å². The van der Waals surface area contributed by atoms with E-state index < -0.39 is 0 Å². The van der Waals surface area contributed by atoms with Gasteiger partial charge in [-0.25, -0.2) is 0 Å². The number of hydrogen-bond donors (Lipinski definition) is 2. The van der Waals surface area contributed by atoms with E-state index >= 15 is 0 Å². The number of anilines is 3. The molecular weight excluding hydrogens is 254 g/mol. The van der Waals surface area contributed by atoms with Gasteiger partial charge in [0.2, 0.25) is 17.8 Å². The second-order valence-electron chi connectivity index (χ2n) is 4.90. The fourth-order valence-electron chi connectivity index (χ4n) is 1.63. The quantitative estimate of drug-likeness (QED) is 0.740. The molecule has 2 N–H and O–H groups in total. The summed E-state index contributed by atoms with van der Waals surface area (Å²) < 4.78 is 0. The van der Waals surface area contributed by atoms with Gasteiger partial charge in [-0.05, 0) is 34.9 Å². The van der Waals surface area contributed by atoms with Crippen LogP contribution >= 0.6 is 0 Å². The predicted octanol–water partition coefficient (Wildman–Crippen LogP) is 1.12. The normalized spacial score (nSPS) is 12.3. The van der Waals surface area contributed by atoms with Gasteiger partial charge >= 0.3 is 0 Å². The molecule has 1 rings (SSSR count). The van der Waals surface area contributed by atoms with E-state index in [1.807, 2.05) is 7.05 Å². The minimum Gasteiger partial charge on any atom is -0.357 e. The third-order valence-corrected chi connectivity index (χ3v) is 3.33. The number of aromatic nitrogens is 3. The van der Waals surface area contributed by atoms with Gasteiger partial charge in [-0.15, -0.1) is 0 Å². The van der Waals surface area contributed by atoms with Crippen LogP contribution in [0.25, 0.3) is 0 Å². The Balaban J connectivity index is 2.87. The molecule has 1 heterocycles. The molecular formula is C13H27N7. The Labute approximate surface area is 121 Å². The summed E-state index contributed by atoms with van der Waals surface area (Å²) in [6.07, 6.45) is 0. The zero-order valence-electron chi connectivity index (χ0n) is 13.4. The lowest BCUT2D eigenvalue weighted by molar-refractivity contribution is 0.325. The highest BCUT2D eigenvalue weighted by Crippen LogP contribution is 2.13. The van der Waals surface area contributed by atoms with Gasteiger partial charge in [-0.2, -0.15) is 15.0 Å². The average Bonchev–Trinajstić information content (AvgIpc) is 2.45. The van der Waals surface area contributed by atoms with Gasteiger partial charge in [0.05, 0.1) is 0 Å². The van der Waals surface area contributed by atoms with Crippen molar-refractivity contribution in [3.63, 3.8) is 0 Å². The van der Waals surface area contributed by atoms with Crippen molar-refractivity contribution in [1.29, 1.82) is 0 Å². The maximum absolute atomic E-state index is 4.49. The molecule has 1 aromatic heterocycles. The van der Waals surface area contributed by atoms with Crippen LogP contribution in [0.2, 0.25) is 0 Å². The highest BCUT2D eigenvalue weighted by Gasteiger charge is 2.11. The van der Waals surface area contributed by atoms with Crippen molar-refractivity contribution in [2.45, 2.75) is 26.8 Å². The van der Waals surface area contributed by atoms with Crippen LogP contribution in [0.5, 0.6) is 0 Å². The van der Waals surface area contributed by atoms with Gasteiger partial charge in [-0.3, -0.25) is 0 Å². The van der Waals surface area contributed by atoms with Crippen LogP contribution in [0.1, 0.15) is 20.8 Å². The Hall–Kier alpha value is -1.63. The summed E-state index contributed by atoms with van der Waals surface area (Å²) in [6, 6.07) is 0.404. The van der Waals surface area contributed by atoms with E-state index in [1.165, 1.54) is 0 Å². The summed E-state index contributed by atoms with van der Waals surface area (Å²) >= 11 is 0. The number of rotatable bonds is 8. The van der Waals surface area contributed by atoms with Gasteiger partial charge in [0.15, 0.2) is 0 Å². The van der Waals surface area contributed by atoms with Crippen molar-refractivity contribution in [2.24, 2.45) is 0 Å². The SMILES string of the molecule is CCN(CC)c1nc(NC)nc(NCC(C)N(C)C)n1. The van der Waals surface area contributed by atoms with Gasteiger partial charge in [0.25, 0.3) is 0 Å². The molecule has 0 spiro atoms. The van der Waals surface area contributed by atoms with Gasteiger partial charge < -0.3 is 20.4 Å². The standard InChI is InChI=1S/C13H27N7/c1-7-20(8-2)13-17-11(14-4)16-12(18-13)15-9-10(3)19(5)6/h10H,7-9H2,1-6H3,(H2,14,15,16,17,18). The molecule has 0 fully saturated rings. The minimum atomic E-state index is 0.404. The summed E-state index contributed by atoms with van der Waals surface area (Å²) in [4.78, 5) is 17.5. The third kappa shape index (κ3) is 4.48. The Morgan fingerprint density at radius 3 is 2.15 bits per heavy atom. The molecule has 0 aromatic carbocycles. The van der Waals surface area contributed by atoms with Crippen molar-refractivity contribution in [1.82, 2.24) is 19.9 Å². The topological polar surface area (TPSA) is 69.2 Å². The Morgan fingerprint density at radius 2 is 1.65 bits per heavy atom. The van der Waals surface area contributed by atoms with Crippen LogP contribution in [0.15, 0.2) is 0 Å². The Kier molecular flexibility index (Phi) is 6.44. The van der Waals surface area contributed by atoms with E-state index in [9.17, 15) is 0 Å². The van der Waals surface area contributed by atoms with Crippen molar-refractivity contribution in [2.75, 3.05) is 56.3 Å². The molecule has 0 radical (unpaired) electrons. The molecule has 0 saturated heterocycles. The zero-order chi connectivity index (χ0) is 15.1. The van der Waals surface area contributed by atoms with E-state index in [0.717, 1.165) is 19.6 Å². The Morgan fingerprint density at radius 1 is 1.05 bits per heavy atom. The van der Waals surface area contributed by atoms with Crippen LogP contribution in [0, 0.1) is 0 Å². The molecule has 7 nitrogen and oxygen atoms in total. The first-order valence-electron chi connectivity index (χ1n) is 7.10. The van der Waals surface area contributed by atoms with Gasteiger partial charge in [-0.1, -0.05) is 0 Å². The molecule has 0 aliphatic rings. The molecule has 20 heavy (non-hydrogen) atoms. The highest BCUT2D eigenvalue weighted by atomic mass is 15.3. The van der Waals surface area contributed by atoms with E-state index in [0.29, 0.717) is 23.9 Å². The molecule has 0 amide bonds. The fraction of sp³-hybridized carbons (Fsp3) is 0.769. The monoisotopic (exact) mass is 281 g/mol. The van der Waals surface area contributed by atoms with E-state index in [2.05, 4.69) is 70.3 Å². The second kappa shape index (κ2) is 7.84. The lowest BCUT2D eigenvalue weighted by Crippen LogP contribution is -2.32. The predicted molar refractivity (Wildman–Crippen MR) is 84.6 cm³/mol. The summed E-state index contributed by atoms with van der Waals surface area (Å²) in [6.45, 7) is 8.87. The first-order valence-corrected chi connectivity index (χ1v) is 7.10. The van der Waals surface area contributed by atoms with E-state index in [-0.39, 0.29) is 0 Å². The fourth-order valence-corrected chi connectivity index (χ4v) is 1.63. The number of nitrogens with one attached hydrogen (secondary N) is 2. The van der Waals surface area contributed by atoms with Crippen molar-refractivity contribution < 1.29 is 0 Å². The van der Waals surface area contributed by atoms with E-state index in [1.54, 1.807) is 0 Å². The molecule has 0 saturated carbocycles. The van der Waals surface area contributed by atoms with Gasteiger partial charge in [0, 0.05) is 32.7 Å². The molecule has 114 valence electrons. The van der Waals surface area contributed by atoms with Crippen molar-refractivity contribution >= 4 is 17.8 Å². The second-order valence-corrected chi connectivity index (χ2v) is 4.90. The third-order valence-electron chi connectivity index (χ3n) is 3.33. The zero-order valence-corrected chi connectivity index (χ0v) is 13.4.